The van der Waals surface area contributed by atoms with Crippen LogP contribution in [0.5, 0.6) is 0 Å². The van der Waals surface area contributed by atoms with E-state index < -0.39 is 5.97 Å². The molecule has 0 unspecified atom stereocenters. The van der Waals surface area contributed by atoms with Gasteiger partial charge in [-0.1, -0.05) is 0 Å². The Morgan fingerprint density at radius 1 is 1.06 bits per heavy atom. The smallest absolute Gasteiger partial charge is 0.338 e. The third-order valence-electron chi connectivity index (χ3n) is 1.88. The van der Waals surface area contributed by atoms with Crippen molar-refractivity contribution in [1.82, 2.24) is 0 Å². The zero-order chi connectivity index (χ0) is 13.8. The topological polar surface area (TPSA) is 94.5 Å². The van der Waals surface area contributed by atoms with E-state index in [4.69, 9.17) is 29.2 Å². The molecule has 0 aromatic carbocycles. The minimum Gasteiger partial charge on any atom is -0.478 e. The van der Waals surface area contributed by atoms with Crippen molar-refractivity contribution in [3.05, 3.63) is 11.5 Å². The largest absolute Gasteiger partial charge is 0.478 e. The van der Waals surface area contributed by atoms with Gasteiger partial charge in [0.2, 0.25) is 0 Å². The average molecular weight is 264 g/mol. The highest BCUT2D eigenvalue weighted by Gasteiger charge is 2.11. The molecule has 0 aliphatic heterocycles. The molecule has 0 rings (SSSR count). The highest BCUT2D eigenvalue weighted by molar-refractivity contribution is 5.86. The van der Waals surface area contributed by atoms with Gasteiger partial charge in [-0.3, -0.25) is 0 Å². The zero-order valence-electron chi connectivity index (χ0n) is 10.7. The van der Waals surface area contributed by atoms with Gasteiger partial charge in [-0.15, -0.1) is 0 Å². The van der Waals surface area contributed by atoms with Gasteiger partial charge in [0, 0.05) is 0 Å². The lowest BCUT2D eigenvalue weighted by Crippen LogP contribution is -2.12. The number of hydrogen-bond acceptors (Lipinski definition) is 6. The number of ether oxygens (including phenoxy) is 4. The first kappa shape index (κ1) is 16.7. The Balaban J connectivity index is 3.64. The van der Waals surface area contributed by atoms with Crippen LogP contribution in [0.1, 0.15) is 6.92 Å². The molecule has 0 amide bonds. The first-order chi connectivity index (χ1) is 8.63. The molecule has 0 fully saturated rings. The Labute approximate surface area is 106 Å². The molecule has 7 heteroatoms. The van der Waals surface area contributed by atoms with Crippen molar-refractivity contribution in [2.45, 2.75) is 6.92 Å². The van der Waals surface area contributed by atoms with Crippen molar-refractivity contribution in [1.29, 1.82) is 0 Å². The van der Waals surface area contributed by atoms with Crippen LogP contribution in [0.3, 0.4) is 0 Å². The van der Waals surface area contributed by atoms with Crippen molar-refractivity contribution in [3.8, 4) is 0 Å². The Hall–Kier alpha value is -1.31. The van der Waals surface area contributed by atoms with Gasteiger partial charge in [0.25, 0.3) is 5.95 Å². The lowest BCUT2D eigenvalue weighted by atomic mass is 10.3. The summed E-state index contributed by atoms with van der Waals surface area (Å²) in [5.74, 6) is -1.12. The summed E-state index contributed by atoms with van der Waals surface area (Å²) in [5, 5.41) is 17.2. The Bertz CT molecular complexity index is 262. The minimum absolute atomic E-state index is 0.00350. The second-order valence-electron chi connectivity index (χ2n) is 3.22. The predicted molar refractivity (Wildman–Crippen MR) is 62.0 cm³/mol. The molecule has 0 spiro atoms. The minimum atomic E-state index is -1.09. The number of carboxylic acids is 1. The molecule has 0 saturated carbocycles. The van der Waals surface area contributed by atoms with Gasteiger partial charge >= 0.3 is 5.97 Å². The zero-order valence-corrected chi connectivity index (χ0v) is 10.7. The fourth-order valence-corrected chi connectivity index (χ4v) is 0.987. The summed E-state index contributed by atoms with van der Waals surface area (Å²) in [6.07, 6.45) is 0. The molecule has 18 heavy (non-hydrogen) atoms. The number of hydrogen-bond donors (Lipinski definition) is 2. The highest BCUT2D eigenvalue weighted by Crippen LogP contribution is 2.06. The van der Waals surface area contributed by atoms with Gasteiger partial charge in [0.1, 0.15) is 12.2 Å². The maximum absolute atomic E-state index is 10.6. The van der Waals surface area contributed by atoms with E-state index in [1.165, 1.54) is 14.0 Å². The van der Waals surface area contributed by atoms with E-state index in [2.05, 4.69) is 0 Å². The summed E-state index contributed by atoms with van der Waals surface area (Å²) < 4.78 is 20.0. The van der Waals surface area contributed by atoms with Crippen molar-refractivity contribution < 1.29 is 34.0 Å². The summed E-state index contributed by atoms with van der Waals surface area (Å²) in [6, 6.07) is 0. The predicted octanol–water partition coefficient (Wildman–Crippen LogP) is -0.00900. The normalized spacial score (nSPS) is 11.9. The van der Waals surface area contributed by atoms with Crippen LogP contribution < -0.4 is 0 Å². The number of rotatable bonds is 11. The number of carboxylic acid groups (broad SMARTS) is 1. The first-order valence-corrected chi connectivity index (χ1v) is 5.50. The van der Waals surface area contributed by atoms with E-state index in [1.807, 2.05) is 0 Å². The Kier molecular flexibility index (Phi) is 10.0. The number of aliphatic hydroxyl groups excluding tert-OH is 1. The fraction of sp³-hybridized carbons (Fsp3) is 0.727. The lowest BCUT2D eigenvalue weighted by molar-refractivity contribution is -0.133. The van der Waals surface area contributed by atoms with E-state index >= 15 is 0 Å². The van der Waals surface area contributed by atoms with Gasteiger partial charge in [-0.25, -0.2) is 4.79 Å². The summed E-state index contributed by atoms with van der Waals surface area (Å²) >= 11 is 0. The van der Waals surface area contributed by atoms with Crippen molar-refractivity contribution in [3.63, 3.8) is 0 Å². The van der Waals surface area contributed by atoms with E-state index in [9.17, 15) is 4.79 Å². The lowest BCUT2D eigenvalue weighted by Gasteiger charge is -2.10. The van der Waals surface area contributed by atoms with Gasteiger partial charge < -0.3 is 29.2 Å². The molecule has 0 heterocycles. The van der Waals surface area contributed by atoms with E-state index in [0.29, 0.717) is 19.8 Å². The molecular weight excluding hydrogens is 244 g/mol. The molecule has 0 bridgehead atoms. The molecule has 0 radical (unpaired) electrons. The number of aliphatic hydroxyl groups is 1. The van der Waals surface area contributed by atoms with Gasteiger partial charge in [0.15, 0.2) is 0 Å². The molecule has 7 nitrogen and oxygen atoms in total. The summed E-state index contributed by atoms with van der Waals surface area (Å²) in [4.78, 5) is 10.6. The summed E-state index contributed by atoms with van der Waals surface area (Å²) in [5.41, 5.74) is 0.00350. The van der Waals surface area contributed by atoms with Crippen LogP contribution in [0.15, 0.2) is 11.5 Å². The van der Waals surface area contributed by atoms with Gasteiger partial charge in [-0.2, -0.15) is 0 Å². The third-order valence-corrected chi connectivity index (χ3v) is 1.88. The second kappa shape index (κ2) is 10.8. The fourth-order valence-electron chi connectivity index (χ4n) is 0.987. The van der Waals surface area contributed by atoms with Crippen LogP contribution in [-0.4, -0.2) is 62.9 Å². The Morgan fingerprint density at radius 3 is 2.11 bits per heavy atom. The van der Waals surface area contributed by atoms with Crippen LogP contribution in [0.25, 0.3) is 0 Å². The summed E-state index contributed by atoms with van der Waals surface area (Å²) in [6.45, 7) is 2.92. The van der Waals surface area contributed by atoms with E-state index in [-0.39, 0.29) is 31.3 Å². The third kappa shape index (κ3) is 7.88. The highest BCUT2D eigenvalue weighted by atomic mass is 16.7. The quantitative estimate of drug-likeness (QED) is 0.308. The number of aliphatic carboxylic acids is 1. The van der Waals surface area contributed by atoms with Crippen LogP contribution in [0.4, 0.5) is 0 Å². The number of methoxy groups -OCH3 is 1. The van der Waals surface area contributed by atoms with Crippen molar-refractivity contribution >= 4 is 5.97 Å². The van der Waals surface area contributed by atoms with Gasteiger partial charge in [-0.05, 0) is 6.92 Å². The molecule has 0 aliphatic carbocycles. The SMILES string of the molecule is COC(OCCOCCOCCO)=C(C)C(=O)O. The first-order valence-electron chi connectivity index (χ1n) is 5.50. The summed E-state index contributed by atoms with van der Waals surface area (Å²) in [7, 11) is 1.34. The molecular formula is C11H20O7. The van der Waals surface area contributed by atoms with Crippen LogP contribution in [0.2, 0.25) is 0 Å². The molecule has 2 N–H and O–H groups in total. The monoisotopic (exact) mass is 264 g/mol. The van der Waals surface area contributed by atoms with Gasteiger partial charge in [0.05, 0.1) is 40.1 Å². The molecule has 0 aromatic heterocycles. The van der Waals surface area contributed by atoms with Crippen molar-refractivity contribution in [2.24, 2.45) is 0 Å². The van der Waals surface area contributed by atoms with Crippen molar-refractivity contribution in [2.75, 3.05) is 46.8 Å². The maximum atomic E-state index is 10.6. The van der Waals surface area contributed by atoms with Crippen LogP contribution >= 0.6 is 0 Å². The maximum Gasteiger partial charge on any atom is 0.338 e. The number of carbonyl (C=O) groups is 1. The second-order valence-corrected chi connectivity index (χ2v) is 3.22. The average Bonchev–Trinajstić information content (AvgIpc) is 2.36. The standard InChI is InChI=1S/C11H20O7/c1-9(10(13)14)11(15-2)18-8-7-17-6-5-16-4-3-12/h12H,3-8H2,1-2H3,(H,13,14). The van der Waals surface area contributed by atoms with E-state index in [0.717, 1.165) is 0 Å². The van der Waals surface area contributed by atoms with E-state index in [1.54, 1.807) is 0 Å². The molecule has 0 atom stereocenters. The van der Waals surface area contributed by atoms with Crippen LogP contribution in [0, 0.1) is 0 Å². The molecule has 0 saturated heterocycles. The Morgan fingerprint density at radius 2 is 1.61 bits per heavy atom. The molecule has 0 aliphatic rings. The molecule has 106 valence electrons. The van der Waals surface area contributed by atoms with Crippen LogP contribution in [-0.2, 0) is 23.7 Å². The molecule has 0 aromatic rings.